The maximum Gasteiger partial charge on any atom is 0.410 e. The Balaban J connectivity index is 1.42. The van der Waals surface area contributed by atoms with Gasteiger partial charge in [-0.3, -0.25) is 4.79 Å². The molecule has 0 bridgehead atoms. The Morgan fingerprint density at radius 2 is 1.59 bits per heavy atom. The molecule has 1 aliphatic heterocycles. The molecule has 190 valence electrons. The number of Topliss-reactive ketones (excluding diaryl/α,β-unsaturated/α-hetero) is 1. The van der Waals surface area contributed by atoms with Crippen LogP contribution in [0.25, 0.3) is 0 Å². The molecule has 8 heteroatoms. The van der Waals surface area contributed by atoms with E-state index < -0.39 is 18.3 Å². The number of fused-ring (bicyclic) bond motifs is 1. The van der Waals surface area contributed by atoms with Crippen molar-refractivity contribution in [2.24, 2.45) is 0 Å². The summed E-state index contributed by atoms with van der Waals surface area (Å²) in [5, 5.41) is 7.79. The Morgan fingerprint density at radius 3 is 2.24 bits per heavy atom. The average Bonchev–Trinajstić information content (AvgIpc) is 3.34. The van der Waals surface area contributed by atoms with E-state index in [9.17, 15) is 18.0 Å². The average molecular weight is 524 g/mol. The summed E-state index contributed by atoms with van der Waals surface area (Å²) in [6, 6.07) is 23.9. The normalized spacial score (nSPS) is 18.1. The first-order valence-corrected chi connectivity index (χ1v) is 12.5. The molecule has 0 radical (unpaired) electrons. The number of benzene rings is 3. The van der Waals surface area contributed by atoms with Gasteiger partial charge in [0.2, 0.25) is 0 Å². The van der Waals surface area contributed by atoms with Crippen molar-refractivity contribution in [1.82, 2.24) is 9.78 Å². The summed E-state index contributed by atoms with van der Waals surface area (Å²) >= 11 is 6.07. The minimum Gasteiger partial charge on any atom is -0.363 e. The van der Waals surface area contributed by atoms with Crippen LogP contribution in [0.5, 0.6) is 0 Å². The van der Waals surface area contributed by atoms with Crippen LogP contribution in [-0.4, -0.2) is 21.7 Å². The van der Waals surface area contributed by atoms with E-state index in [1.165, 1.54) is 6.20 Å². The molecule has 1 N–H and O–H groups in total. The molecule has 0 spiro atoms. The standard InChI is InChI=1S/C29H25ClF3N3O/c30-22-13-11-20(12-14-22)23(19-7-3-1-4-8-19)15-16-26(37)24-18-34-36-27(29(31,32)33)17-25(35-28(24)36)21-9-5-2-6-10-21/h1-14,18,23,25,27,35H,15-17H2. The molecule has 4 aromatic rings. The Kier molecular flexibility index (Phi) is 7.07. The SMILES string of the molecule is O=C(CCC(c1ccccc1)c1ccc(Cl)cc1)c1cnn2c1NC(c1ccccc1)CC2C(F)(F)F. The van der Waals surface area contributed by atoms with Crippen molar-refractivity contribution in [2.75, 3.05) is 5.32 Å². The van der Waals surface area contributed by atoms with Crippen LogP contribution in [0.15, 0.2) is 91.1 Å². The van der Waals surface area contributed by atoms with Gasteiger partial charge in [0, 0.05) is 23.8 Å². The van der Waals surface area contributed by atoms with Crippen LogP contribution in [-0.2, 0) is 0 Å². The van der Waals surface area contributed by atoms with Gasteiger partial charge >= 0.3 is 6.18 Å². The monoisotopic (exact) mass is 523 g/mol. The summed E-state index contributed by atoms with van der Waals surface area (Å²) in [4.78, 5) is 13.4. The first-order valence-electron chi connectivity index (χ1n) is 12.1. The second-order valence-corrected chi connectivity index (χ2v) is 9.67. The predicted molar refractivity (Wildman–Crippen MR) is 138 cm³/mol. The van der Waals surface area contributed by atoms with Crippen molar-refractivity contribution in [3.63, 3.8) is 0 Å². The van der Waals surface area contributed by atoms with Crippen molar-refractivity contribution in [1.29, 1.82) is 0 Å². The number of rotatable bonds is 7. The Morgan fingerprint density at radius 1 is 0.973 bits per heavy atom. The number of carbonyl (C=O) groups is 1. The molecule has 37 heavy (non-hydrogen) atoms. The molecule has 1 aromatic heterocycles. The van der Waals surface area contributed by atoms with Gasteiger partial charge in [-0.25, -0.2) is 4.68 Å². The van der Waals surface area contributed by atoms with Crippen LogP contribution in [0.3, 0.4) is 0 Å². The largest absolute Gasteiger partial charge is 0.410 e. The Bertz CT molecular complexity index is 1350. The van der Waals surface area contributed by atoms with Gasteiger partial charge in [-0.2, -0.15) is 18.3 Å². The fraction of sp³-hybridized carbons (Fsp3) is 0.241. The fourth-order valence-corrected chi connectivity index (χ4v) is 5.11. The molecule has 4 nitrogen and oxygen atoms in total. The first-order chi connectivity index (χ1) is 17.8. The van der Waals surface area contributed by atoms with E-state index >= 15 is 0 Å². The van der Waals surface area contributed by atoms with E-state index in [1.807, 2.05) is 60.7 Å². The lowest BCUT2D eigenvalue weighted by atomic mass is 9.86. The van der Waals surface area contributed by atoms with Gasteiger partial charge in [-0.1, -0.05) is 84.4 Å². The highest BCUT2D eigenvalue weighted by molar-refractivity contribution is 6.30. The summed E-state index contributed by atoms with van der Waals surface area (Å²) in [5.41, 5.74) is 2.97. The van der Waals surface area contributed by atoms with Gasteiger partial charge < -0.3 is 5.32 Å². The lowest BCUT2D eigenvalue weighted by Crippen LogP contribution is -2.36. The number of hydrogen-bond acceptors (Lipinski definition) is 3. The van der Waals surface area contributed by atoms with E-state index in [0.29, 0.717) is 11.4 Å². The summed E-state index contributed by atoms with van der Waals surface area (Å²) in [6.07, 6.45) is -2.81. The number of ketones is 1. The predicted octanol–water partition coefficient (Wildman–Crippen LogP) is 7.99. The van der Waals surface area contributed by atoms with Gasteiger partial charge in [0.05, 0.1) is 17.8 Å². The topological polar surface area (TPSA) is 46.9 Å². The minimum atomic E-state index is -4.50. The van der Waals surface area contributed by atoms with Crippen molar-refractivity contribution in [2.45, 2.75) is 43.4 Å². The third-order valence-electron chi connectivity index (χ3n) is 6.88. The van der Waals surface area contributed by atoms with E-state index in [-0.39, 0.29) is 35.9 Å². The van der Waals surface area contributed by atoms with Crippen LogP contribution in [0.4, 0.5) is 19.0 Å². The molecular weight excluding hydrogens is 499 g/mol. The maximum atomic E-state index is 14.0. The molecule has 0 aliphatic carbocycles. The van der Waals surface area contributed by atoms with Gasteiger partial charge in [0.25, 0.3) is 0 Å². The highest BCUT2D eigenvalue weighted by Gasteiger charge is 2.47. The summed E-state index contributed by atoms with van der Waals surface area (Å²) < 4.78 is 42.9. The number of carbonyl (C=O) groups excluding carboxylic acids is 1. The zero-order valence-electron chi connectivity index (χ0n) is 19.8. The summed E-state index contributed by atoms with van der Waals surface area (Å²) in [6.45, 7) is 0. The number of alkyl halides is 3. The fourth-order valence-electron chi connectivity index (χ4n) is 4.99. The highest BCUT2D eigenvalue weighted by Crippen LogP contribution is 2.44. The van der Waals surface area contributed by atoms with E-state index in [0.717, 1.165) is 21.4 Å². The number of hydrogen-bond donors (Lipinski definition) is 1. The molecule has 0 saturated carbocycles. The smallest absolute Gasteiger partial charge is 0.363 e. The molecular formula is C29H25ClF3N3O. The first kappa shape index (κ1) is 25.1. The third kappa shape index (κ3) is 5.42. The van der Waals surface area contributed by atoms with Crippen LogP contribution in [0.2, 0.25) is 5.02 Å². The molecule has 3 aromatic carbocycles. The van der Waals surface area contributed by atoms with Gasteiger partial charge in [-0.05, 0) is 35.2 Å². The van der Waals surface area contributed by atoms with Crippen molar-refractivity contribution < 1.29 is 18.0 Å². The maximum absolute atomic E-state index is 14.0. The summed E-state index contributed by atoms with van der Waals surface area (Å²) in [5.74, 6) is -0.199. The quantitative estimate of drug-likeness (QED) is 0.250. The van der Waals surface area contributed by atoms with Crippen LogP contribution in [0.1, 0.15) is 64.3 Å². The number of halogens is 4. The molecule has 2 heterocycles. The highest BCUT2D eigenvalue weighted by atomic mass is 35.5. The molecule has 0 amide bonds. The Labute approximate surface area is 218 Å². The second kappa shape index (κ2) is 10.4. The van der Waals surface area contributed by atoms with E-state index in [1.54, 1.807) is 24.3 Å². The second-order valence-electron chi connectivity index (χ2n) is 9.23. The molecule has 3 unspecified atom stereocenters. The molecule has 5 rings (SSSR count). The third-order valence-corrected chi connectivity index (χ3v) is 7.13. The minimum absolute atomic E-state index is 0.0678. The van der Waals surface area contributed by atoms with Crippen LogP contribution in [0, 0.1) is 0 Å². The zero-order valence-corrected chi connectivity index (χ0v) is 20.6. The number of aromatic nitrogens is 2. The lowest BCUT2D eigenvalue weighted by Gasteiger charge is -2.34. The van der Waals surface area contributed by atoms with Crippen molar-refractivity contribution in [3.05, 3.63) is 118 Å². The van der Waals surface area contributed by atoms with Gasteiger partial charge in [-0.15, -0.1) is 0 Å². The van der Waals surface area contributed by atoms with E-state index in [4.69, 9.17) is 11.6 Å². The summed E-state index contributed by atoms with van der Waals surface area (Å²) in [7, 11) is 0. The van der Waals surface area contributed by atoms with Crippen LogP contribution >= 0.6 is 11.6 Å². The van der Waals surface area contributed by atoms with Crippen molar-refractivity contribution >= 4 is 23.2 Å². The Hall–Kier alpha value is -3.58. The van der Waals surface area contributed by atoms with Gasteiger partial charge in [0.1, 0.15) is 5.82 Å². The lowest BCUT2D eigenvalue weighted by molar-refractivity contribution is -0.173. The molecule has 1 aliphatic rings. The zero-order chi connectivity index (χ0) is 26.0. The molecule has 0 saturated heterocycles. The number of anilines is 1. The molecule has 3 atom stereocenters. The molecule has 0 fully saturated rings. The van der Waals surface area contributed by atoms with Crippen LogP contribution < -0.4 is 5.32 Å². The number of nitrogens with zero attached hydrogens (tertiary/aromatic N) is 2. The van der Waals surface area contributed by atoms with Crippen molar-refractivity contribution in [3.8, 4) is 0 Å². The van der Waals surface area contributed by atoms with Gasteiger partial charge in [0.15, 0.2) is 11.8 Å². The van der Waals surface area contributed by atoms with E-state index in [2.05, 4.69) is 10.4 Å². The number of nitrogens with one attached hydrogen (secondary N) is 1.